The highest BCUT2D eigenvalue weighted by atomic mass is 14.7. The molecule has 1 aromatic rings. The molecular weight excluding hydrogens is 148 g/mol. The first-order valence-electron chi connectivity index (χ1n) is 4.43. The summed E-state index contributed by atoms with van der Waals surface area (Å²) in [4.78, 5) is 4.17. The molecule has 0 bridgehead atoms. The maximum Gasteiger partial charge on any atom is 0.0303 e. The topological polar surface area (TPSA) is 38.9 Å². The van der Waals surface area contributed by atoms with Crippen molar-refractivity contribution in [3.63, 3.8) is 0 Å². The molecule has 2 nitrogen and oxygen atoms in total. The summed E-state index contributed by atoms with van der Waals surface area (Å²) in [6.45, 7) is 2.90. The molecule has 0 radical (unpaired) electrons. The molecule has 0 unspecified atom stereocenters. The average molecular weight is 162 g/mol. The van der Waals surface area contributed by atoms with E-state index in [1.165, 1.54) is 17.5 Å². The van der Waals surface area contributed by atoms with E-state index in [1.54, 1.807) is 0 Å². The minimum absolute atomic E-state index is 0.697. The first kappa shape index (κ1) is 7.74. The minimum Gasteiger partial charge on any atom is -0.330 e. The molecule has 1 saturated carbocycles. The van der Waals surface area contributed by atoms with Gasteiger partial charge in [0.1, 0.15) is 0 Å². The number of nitrogens with two attached hydrogens (primary N) is 1. The van der Waals surface area contributed by atoms with Crippen molar-refractivity contribution in [2.75, 3.05) is 6.54 Å². The Kier molecular flexibility index (Phi) is 1.85. The van der Waals surface area contributed by atoms with E-state index in [-0.39, 0.29) is 0 Å². The van der Waals surface area contributed by atoms with Gasteiger partial charge in [-0.3, -0.25) is 4.98 Å². The van der Waals surface area contributed by atoms with Gasteiger partial charge < -0.3 is 5.73 Å². The summed E-state index contributed by atoms with van der Waals surface area (Å²) in [5.41, 5.74) is 8.19. The first-order chi connectivity index (χ1) is 5.81. The van der Waals surface area contributed by atoms with E-state index in [4.69, 9.17) is 5.73 Å². The summed E-state index contributed by atoms with van der Waals surface area (Å²) in [6, 6.07) is 2.22. The second-order valence-corrected chi connectivity index (χ2v) is 3.63. The fourth-order valence-corrected chi connectivity index (χ4v) is 1.70. The lowest BCUT2D eigenvalue weighted by Gasteiger charge is -1.99. The normalized spacial score (nSPS) is 27.2. The van der Waals surface area contributed by atoms with Gasteiger partial charge in [0.2, 0.25) is 0 Å². The molecule has 2 atom stereocenters. The lowest BCUT2D eigenvalue weighted by atomic mass is 10.1. The molecule has 1 aliphatic carbocycles. The van der Waals surface area contributed by atoms with Crippen molar-refractivity contribution in [3.8, 4) is 0 Å². The number of rotatable bonds is 2. The molecule has 0 aliphatic heterocycles. The van der Waals surface area contributed by atoms with Crippen LogP contribution in [0, 0.1) is 12.8 Å². The summed E-state index contributed by atoms with van der Waals surface area (Å²) in [5.74, 6) is 1.41. The fourth-order valence-electron chi connectivity index (χ4n) is 1.70. The zero-order valence-corrected chi connectivity index (χ0v) is 7.33. The zero-order chi connectivity index (χ0) is 8.55. The molecule has 2 rings (SSSR count). The SMILES string of the molecule is Cc1cncc([C@@H]2C[C@H]2CN)c1. The first-order valence-corrected chi connectivity index (χ1v) is 4.43. The Labute approximate surface area is 72.8 Å². The van der Waals surface area contributed by atoms with Crippen LogP contribution in [0.25, 0.3) is 0 Å². The summed E-state index contributed by atoms with van der Waals surface area (Å²) in [7, 11) is 0. The van der Waals surface area contributed by atoms with Gasteiger partial charge in [0.25, 0.3) is 0 Å². The van der Waals surface area contributed by atoms with Gasteiger partial charge in [-0.25, -0.2) is 0 Å². The molecule has 1 aliphatic rings. The molecule has 1 fully saturated rings. The van der Waals surface area contributed by atoms with Gasteiger partial charge in [-0.1, -0.05) is 6.07 Å². The molecule has 0 saturated heterocycles. The number of aryl methyl sites for hydroxylation is 1. The Morgan fingerprint density at radius 1 is 1.58 bits per heavy atom. The van der Waals surface area contributed by atoms with Crippen LogP contribution in [0.2, 0.25) is 0 Å². The van der Waals surface area contributed by atoms with Crippen LogP contribution in [-0.2, 0) is 0 Å². The van der Waals surface area contributed by atoms with Crippen LogP contribution in [0.1, 0.15) is 23.5 Å². The quantitative estimate of drug-likeness (QED) is 0.715. The van der Waals surface area contributed by atoms with Crippen LogP contribution in [0.15, 0.2) is 18.5 Å². The Balaban J connectivity index is 2.14. The summed E-state index contributed by atoms with van der Waals surface area (Å²) < 4.78 is 0. The highest BCUT2D eigenvalue weighted by molar-refractivity contribution is 5.26. The van der Waals surface area contributed by atoms with Gasteiger partial charge in [-0.05, 0) is 42.9 Å². The van der Waals surface area contributed by atoms with Gasteiger partial charge >= 0.3 is 0 Å². The smallest absolute Gasteiger partial charge is 0.0303 e. The van der Waals surface area contributed by atoms with Crippen LogP contribution >= 0.6 is 0 Å². The molecule has 1 aromatic heterocycles. The summed E-state index contributed by atoms with van der Waals surface area (Å²) in [5, 5.41) is 0. The number of pyridine rings is 1. The minimum atomic E-state index is 0.697. The van der Waals surface area contributed by atoms with Crippen molar-refractivity contribution in [2.24, 2.45) is 11.7 Å². The molecular formula is C10H14N2. The van der Waals surface area contributed by atoms with E-state index in [2.05, 4.69) is 18.0 Å². The monoisotopic (exact) mass is 162 g/mol. The Morgan fingerprint density at radius 3 is 3.00 bits per heavy atom. The fraction of sp³-hybridized carbons (Fsp3) is 0.500. The van der Waals surface area contributed by atoms with Gasteiger partial charge in [-0.15, -0.1) is 0 Å². The van der Waals surface area contributed by atoms with Crippen LogP contribution < -0.4 is 5.73 Å². The van der Waals surface area contributed by atoms with Gasteiger partial charge in [0, 0.05) is 12.4 Å². The molecule has 12 heavy (non-hydrogen) atoms. The largest absolute Gasteiger partial charge is 0.330 e. The van der Waals surface area contributed by atoms with Crippen molar-refractivity contribution in [3.05, 3.63) is 29.6 Å². The third-order valence-electron chi connectivity index (χ3n) is 2.55. The van der Waals surface area contributed by atoms with Crippen LogP contribution in [0.5, 0.6) is 0 Å². The lowest BCUT2D eigenvalue weighted by molar-refractivity contribution is 0.807. The van der Waals surface area contributed by atoms with E-state index < -0.39 is 0 Å². The van der Waals surface area contributed by atoms with Gasteiger partial charge in [0.05, 0.1) is 0 Å². The van der Waals surface area contributed by atoms with Crippen molar-refractivity contribution in [1.29, 1.82) is 0 Å². The van der Waals surface area contributed by atoms with Crippen LogP contribution in [-0.4, -0.2) is 11.5 Å². The standard InChI is InChI=1S/C10H14N2/c1-7-2-9(6-12-5-7)10-3-8(10)4-11/h2,5-6,8,10H,3-4,11H2,1H3/t8-,10+/m0/s1. The number of hydrogen-bond acceptors (Lipinski definition) is 2. The Bertz CT molecular complexity index is 283. The molecule has 0 amide bonds. The van der Waals surface area contributed by atoms with E-state index in [1.807, 2.05) is 12.4 Å². The van der Waals surface area contributed by atoms with E-state index >= 15 is 0 Å². The highest BCUT2D eigenvalue weighted by Gasteiger charge is 2.36. The maximum absolute atomic E-state index is 5.58. The predicted molar refractivity (Wildman–Crippen MR) is 48.9 cm³/mol. The Hall–Kier alpha value is -0.890. The van der Waals surface area contributed by atoms with Crippen LogP contribution in [0.3, 0.4) is 0 Å². The lowest BCUT2D eigenvalue weighted by Crippen LogP contribution is -2.02. The zero-order valence-electron chi connectivity index (χ0n) is 7.33. The molecule has 1 heterocycles. The maximum atomic E-state index is 5.58. The van der Waals surface area contributed by atoms with Crippen molar-refractivity contribution < 1.29 is 0 Å². The second-order valence-electron chi connectivity index (χ2n) is 3.63. The average Bonchev–Trinajstić information content (AvgIpc) is 2.83. The third-order valence-corrected chi connectivity index (χ3v) is 2.55. The van der Waals surface area contributed by atoms with Gasteiger partial charge in [0.15, 0.2) is 0 Å². The van der Waals surface area contributed by atoms with Gasteiger partial charge in [-0.2, -0.15) is 0 Å². The molecule has 2 heteroatoms. The van der Waals surface area contributed by atoms with E-state index in [0.717, 1.165) is 6.54 Å². The third kappa shape index (κ3) is 1.34. The van der Waals surface area contributed by atoms with Crippen molar-refractivity contribution >= 4 is 0 Å². The van der Waals surface area contributed by atoms with E-state index in [0.29, 0.717) is 11.8 Å². The Morgan fingerprint density at radius 2 is 2.42 bits per heavy atom. The number of aromatic nitrogens is 1. The predicted octanol–water partition coefficient (Wildman–Crippen LogP) is 1.45. The van der Waals surface area contributed by atoms with Crippen LogP contribution in [0.4, 0.5) is 0 Å². The molecule has 2 N–H and O–H groups in total. The second kappa shape index (κ2) is 2.87. The van der Waals surface area contributed by atoms with Crippen molar-refractivity contribution in [2.45, 2.75) is 19.3 Å². The molecule has 64 valence electrons. The summed E-state index contributed by atoms with van der Waals surface area (Å²) in [6.07, 6.45) is 5.11. The molecule has 0 aromatic carbocycles. The number of hydrogen-bond donors (Lipinski definition) is 1. The molecule has 0 spiro atoms. The summed E-state index contributed by atoms with van der Waals surface area (Å²) >= 11 is 0. The highest BCUT2D eigenvalue weighted by Crippen LogP contribution is 2.46. The van der Waals surface area contributed by atoms with Crippen molar-refractivity contribution in [1.82, 2.24) is 4.98 Å². The number of nitrogens with zero attached hydrogens (tertiary/aromatic N) is 1. The van der Waals surface area contributed by atoms with E-state index in [9.17, 15) is 0 Å².